The highest BCUT2D eigenvalue weighted by molar-refractivity contribution is 7.10. The second-order valence-corrected chi connectivity index (χ2v) is 9.19. The van der Waals surface area contributed by atoms with E-state index in [0.717, 1.165) is 21.6 Å². The Labute approximate surface area is 195 Å². The summed E-state index contributed by atoms with van der Waals surface area (Å²) in [6.07, 6.45) is 0. The summed E-state index contributed by atoms with van der Waals surface area (Å²) in [5.41, 5.74) is 3.48. The summed E-state index contributed by atoms with van der Waals surface area (Å²) in [6.45, 7) is 5.60. The van der Waals surface area contributed by atoms with Gasteiger partial charge in [0.1, 0.15) is 17.6 Å². The molecule has 1 unspecified atom stereocenters. The zero-order chi connectivity index (χ0) is 23.2. The van der Waals surface area contributed by atoms with Gasteiger partial charge in [0.05, 0.1) is 18.2 Å². The topological polar surface area (TPSA) is 66.8 Å². The maximum Gasteiger partial charge on any atom is 0.300 e. The number of hydrogen-bond donors (Lipinski definition) is 1. The number of benzene rings is 2. The average molecular weight is 468 g/mol. The predicted octanol–water partition coefficient (Wildman–Crippen LogP) is 5.96. The van der Waals surface area contributed by atoms with Crippen LogP contribution in [0.15, 0.2) is 53.4 Å². The molecule has 1 amide bonds. The molecule has 2 aromatic carbocycles. The van der Waals surface area contributed by atoms with Gasteiger partial charge in [-0.1, -0.05) is 23.7 Å². The lowest BCUT2D eigenvalue weighted by molar-refractivity contribution is -0.132. The Morgan fingerprint density at radius 1 is 1.09 bits per heavy atom. The first kappa shape index (κ1) is 22.1. The maximum absolute atomic E-state index is 13.3. The number of Topliss-reactive ketones (excluding diaryl/α,β-unsaturated/α-hetero) is 1. The molecule has 1 aromatic heterocycles. The van der Waals surface area contributed by atoms with Gasteiger partial charge in [-0.3, -0.25) is 14.5 Å². The third-order valence-corrected chi connectivity index (χ3v) is 6.71. The van der Waals surface area contributed by atoms with Crippen molar-refractivity contribution >= 4 is 46.1 Å². The van der Waals surface area contributed by atoms with E-state index in [0.29, 0.717) is 22.0 Å². The second-order valence-electron chi connectivity index (χ2n) is 7.78. The summed E-state index contributed by atoms with van der Waals surface area (Å²) in [4.78, 5) is 28.8. The molecule has 1 aliphatic rings. The lowest BCUT2D eigenvalue weighted by Gasteiger charge is -2.26. The van der Waals surface area contributed by atoms with Crippen molar-refractivity contribution in [2.45, 2.75) is 26.8 Å². The summed E-state index contributed by atoms with van der Waals surface area (Å²) in [6, 6.07) is 11.8. The van der Waals surface area contributed by atoms with Gasteiger partial charge < -0.3 is 9.84 Å². The van der Waals surface area contributed by atoms with E-state index in [1.54, 1.807) is 24.3 Å². The smallest absolute Gasteiger partial charge is 0.300 e. The Hall–Kier alpha value is -3.09. The number of nitrogens with zero attached hydrogens (tertiary/aromatic N) is 1. The second kappa shape index (κ2) is 8.45. The number of rotatable bonds is 4. The Morgan fingerprint density at radius 2 is 1.84 bits per heavy atom. The van der Waals surface area contributed by atoms with Crippen molar-refractivity contribution in [3.63, 3.8) is 0 Å². The van der Waals surface area contributed by atoms with E-state index in [4.69, 9.17) is 16.3 Å². The standard InChI is InChI=1S/C25H22ClNO4S/c1-13-10-15(3)24(31-4)17(11-13)22(28)20-21(19-6-5-9-32-19)27(25(30)23(20)29)18-8-7-16(26)12-14(18)2/h5-12,21,28H,1-4H3/b22-20-. The van der Waals surface area contributed by atoms with Crippen LogP contribution >= 0.6 is 22.9 Å². The number of halogens is 1. The number of methoxy groups -OCH3 is 1. The lowest BCUT2D eigenvalue weighted by Crippen LogP contribution is -2.29. The number of ketones is 1. The first-order valence-electron chi connectivity index (χ1n) is 10.0. The fourth-order valence-electron chi connectivity index (χ4n) is 4.23. The molecule has 2 heterocycles. The van der Waals surface area contributed by atoms with Crippen molar-refractivity contribution in [3.8, 4) is 5.75 Å². The minimum Gasteiger partial charge on any atom is -0.507 e. The first-order valence-corrected chi connectivity index (χ1v) is 11.3. The van der Waals surface area contributed by atoms with Gasteiger partial charge in [-0.2, -0.15) is 0 Å². The summed E-state index contributed by atoms with van der Waals surface area (Å²) in [5, 5.41) is 13.8. The quantitative estimate of drug-likeness (QED) is 0.292. The largest absolute Gasteiger partial charge is 0.507 e. The van der Waals surface area contributed by atoms with Crippen LogP contribution in [0.5, 0.6) is 5.75 Å². The Bertz CT molecular complexity index is 1260. The van der Waals surface area contributed by atoms with Crippen LogP contribution in [-0.4, -0.2) is 23.9 Å². The molecule has 0 spiro atoms. The third-order valence-electron chi connectivity index (χ3n) is 5.55. The molecular formula is C25H22ClNO4S. The van der Waals surface area contributed by atoms with Gasteiger partial charge in [-0.05, 0) is 73.2 Å². The first-order chi connectivity index (χ1) is 15.2. The van der Waals surface area contributed by atoms with E-state index < -0.39 is 17.7 Å². The predicted molar refractivity (Wildman–Crippen MR) is 128 cm³/mol. The van der Waals surface area contributed by atoms with Crippen molar-refractivity contribution in [3.05, 3.63) is 85.6 Å². The SMILES string of the molecule is COc1c(C)cc(C)cc1/C(O)=C1/C(=O)C(=O)N(c2ccc(Cl)cc2C)C1c1cccs1. The lowest BCUT2D eigenvalue weighted by atomic mass is 9.96. The Balaban J connectivity index is 2.00. The molecule has 4 rings (SSSR count). The molecule has 5 nitrogen and oxygen atoms in total. The number of aliphatic hydroxyl groups excluding tert-OH is 1. The number of aliphatic hydroxyl groups is 1. The van der Waals surface area contributed by atoms with Crippen LogP contribution in [0.3, 0.4) is 0 Å². The normalized spacial score (nSPS) is 17.8. The van der Waals surface area contributed by atoms with Crippen LogP contribution in [0.1, 0.15) is 33.2 Å². The van der Waals surface area contributed by atoms with Gasteiger partial charge >= 0.3 is 0 Å². The molecule has 32 heavy (non-hydrogen) atoms. The summed E-state index contributed by atoms with van der Waals surface area (Å²) in [7, 11) is 1.51. The molecule has 1 atom stereocenters. The van der Waals surface area contributed by atoms with Crippen molar-refractivity contribution in [1.29, 1.82) is 0 Å². The van der Waals surface area contributed by atoms with E-state index in [1.807, 2.05) is 44.4 Å². The van der Waals surface area contributed by atoms with Crippen LogP contribution in [0.25, 0.3) is 5.76 Å². The molecule has 0 radical (unpaired) electrons. The third kappa shape index (κ3) is 3.59. The van der Waals surface area contributed by atoms with Crippen LogP contribution in [-0.2, 0) is 9.59 Å². The summed E-state index contributed by atoms with van der Waals surface area (Å²) in [5.74, 6) is -1.22. The Morgan fingerprint density at radius 3 is 2.47 bits per heavy atom. The minimum atomic E-state index is -0.764. The monoisotopic (exact) mass is 467 g/mol. The number of amides is 1. The van der Waals surface area contributed by atoms with Gasteiger partial charge in [-0.15, -0.1) is 11.3 Å². The van der Waals surface area contributed by atoms with Crippen LogP contribution in [0.2, 0.25) is 5.02 Å². The molecule has 1 saturated heterocycles. The minimum absolute atomic E-state index is 0.0371. The van der Waals surface area contributed by atoms with Gasteiger partial charge in [0.15, 0.2) is 0 Å². The van der Waals surface area contributed by atoms with E-state index in [2.05, 4.69) is 0 Å². The van der Waals surface area contributed by atoms with Crippen LogP contribution in [0.4, 0.5) is 5.69 Å². The number of anilines is 1. The fraction of sp³-hybridized carbons (Fsp3) is 0.200. The van der Waals surface area contributed by atoms with E-state index in [9.17, 15) is 14.7 Å². The van der Waals surface area contributed by atoms with Crippen molar-refractivity contribution < 1.29 is 19.4 Å². The van der Waals surface area contributed by atoms with Crippen molar-refractivity contribution in [2.75, 3.05) is 12.0 Å². The number of ether oxygens (including phenoxy) is 1. The van der Waals surface area contributed by atoms with Crippen molar-refractivity contribution in [2.24, 2.45) is 0 Å². The molecule has 3 aromatic rings. The number of aryl methyl sites for hydroxylation is 3. The summed E-state index contributed by atoms with van der Waals surface area (Å²) < 4.78 is 5.53. The molecule has 0 saturated carbocycles. The molecule has 0 bridgehead atoms. The van der Waals surface area contributed by atoms with E-state index >= 15 is 0 Å². The van der Waals surface area contributed by atoms with Gasteiger partial charge in [0.25, 0.3) is 11.7 Å². The highest BCUT2D eigenvalue weighted by Crippen LogP contribution is 2.45. The zero-order valence-electron chi connectivity index (χ0n) is 18.1. The van der Waals surface area contributed by atoms with Gasteiger partial charge in [0, 0.05) is 15.6 Å². The van der Waals surface area contributed by atoms with Crippen molar-refractivity contribution in [1.82, 2.24) is 0 Å². The van der Waals surface area contributed by atoms with E-state index in [-0.39, 0.29) is 11.3 Å². The Kier molecular flexibility index (Phi) is 5.84. The molecule has 7 heteroatoms. The van der Waals surface area contributed by atoms with Gasteiger partial charge in [0.2, 0.25) is 0 Å². The number of carbonyl (C=O) groups is 2. The molecular weight excluding hydrogens is 446 g/mol. The molecule has 1 aliphatic heterocycles. The molecule has 164 valence electrons. The highest BCUT2D eigenvalue weighted by atomic mass is 35.5. The number of hydrogen-bond acceptors (Lipinski definition) is 5. The number of thiophene rings is 1. The van der Waals surface area contributed by atoms with Crippen LogP contribution in [0, 0.1) is 20.8 Å². The number of carbonyl (C=O) groups excluding carboxylic acids is 2. The van der Waals surface area contributed by atoms with E-state index in [1.165, 1.54) is 23.3 Å². The average Bonchev–Trinajstić information content (AvgIpc) is 3.35. The van der Waals surface area contributed by atoms with Gasteiger partial charge in [-0.25, -0.2) is 0 Å². The summed E-state index contributed by atoms with van der Waals surface area (Å²) >= 11 is 7.53. The maximum atomic E-state index is 13.3. The fourth-order valence-corrected chi connectivity index (χ4v) is 5.28. The van der Waals surface area contributed by atoms with Crippen LogP contribution < -0.4 is 9.64 Å². The zero-order valence-corrected chi connectivity index (χ0v) is 19.7. The molecule has 1 fully saturated rings. The molecule has 1 N–H and O–H groups in total. The highest BCUT2D eigenvalue weighted by Gasteiger charge is 2.48. The molecule has 0 aliphatic carbocycles.